The quantitative estimate of drug-likeness (QED) is 0.823. The van der Waals surface area contributed by atoms with E-state index in [1.165, 1.54) is 32.1 Å². The van der Waals surface area contributed by atoms with Crippen LogP contribution in [-0.2, 0) is 11.3 Å². The van der Waals surface area contributed by atoms with Gasteiger partial charge in [-0.1, -0.05) is 19.3 Å². The van der Waals surface area contributed by atoms with Crippen LogP contribution in [0.5, 0.6) is 0 Å². The fourth-order valence-electron chi connectivity index (χ4n) is 3.49. The third-order valence-corrected chi connectivity index (χ3v) is 4.66. The number of ether oxygens (including phenoxy) is 1. The molecule has 1 heterocycles. The molecule has 1 aromatic heterocycles. The van der Waals surface area contributed by atoms with Crippen molar-refractivity contribution in [3.05, 3.63) is 29.6 Å². The maximum Gasteiger partial charge on any atom is 0.335 e. The molecule has 5 heteroatoms. The van der Waals surface area contributed by atoms with Crippen molar-refractivity contribution >= 4 is 17.0 Å². The molecule has 0 spiro atoms. The third-order valence-electron chi connectivity index (χ3n) is 4.66. The lowest BCUT2D eigenvalue weighted by molar-refractivity contribution is 0.0697. The van der Waals surface area contributed by atoms with Crippen LogP contribution in [0.2, 0.25) is 0 Å². The van der Waals surface area contributed by atoms with Crippen molar-refractivity contribution in [2.45, 2.75) is 51.5 Å². The largest absolute Gasteiger partial charge is 0.478 e. The van der Waals surface area contributed by atoms with Crippen molar-refractivity contribution in [3.63, 3.8) is 0 Å². The van der Waals surface area contributed by atoms with Crippen LogP contribution in [0.25, 0.3) is 11.0 Å². The zero-order valence-electron chi connectivity index (χ0n) is 13.6. The van der Waals surface area contributed by atoms with Crippen molar-refractivity contribution in [1.82, 2.24) is 9.55 Å². The highest BCUT2D eigenvalue weighted by molar-refractivity contribution is 5.92. The lowest BCUT2D eigenvalue weighted by Gasteiger charge is -2.22. The second-order valence-electron chi connectivity index (χ2n) is 6.16. The van der Waals surface area contributed by atoms with Gasteiger partial charge in [0.1, 0.15) is 5.82 Å². The number of aromatic carboxylic acids is 1. The van der Waals surface area contributed by atoms with E-state index >= 15 is 0 Å². The standard InChI is InChI=1S/C18H24N2O3/c1-2-23-11-10-20-16-9-8-14(18(21)22)12-15(16)19-17(20)13-6-4-3-5-7-13/h8-9,12-13H,2-7,10-11H2,1H3,(H,21,22). The Morgan fingerprint density at radius 2 is 2.13 bits per heavy atom. The van der Waals surface area contributed by atoms with Gasteiger partial charge in [-0.3, -0.25) is 0 Å². The molecule has 3 rings (SSSR count). The number of carboxylic acids is 1. The molecule has 0 saturated heterocycles. The van der Waals surface area contributed by atoms with E-state index < -0.39 is 5.97 Å². The molecule has 23 heavy (non-hydrogen) atoms. The number of nitrogens with zero attached hydrogens (tertiary/aromatic N) is 2. The topological polar surface area (TPSA) is 64.4 Å². The van der Waals surface area contributed by atoms with Gasteiger partial charge < -0.3 is 14.4 Å². The van der Waals surface area contributed by atoms with Gasteiger partial charge in [-0.15, -0.1) is 0 Å². The van der Waals surface area contributed by atoms with Crippen molar-refractivity contribution in [2.24, 2.45) is 0 Å². The van der Waals surface area contributed by atoms with Crippen LogP contribution in [0, 0.1) is 0 Å². The predicted molar refractivity (Wildman–Crippen MR) is 89.0 cm³/mol. The summed E-state index contributed by atoms with van der Waals surface area (Å²) >= 11 is 0. The lowest BCUT2D eigenvalue weighted by Crippen LogP contribution is -2.14. The first-order valence-corrected chi connectivity index (χ1v) is 8.52. The van der Waals surface area contributed by atoms with Crippen LogP contribution < -0.4 is 0 Å². The third kappa shape index (κ3) is 3.39. The molecule has 1 saturated carbocycles. The minimum atomic E-state index is -0.907. The molecular formula is C18H24N2O3. The first kappa shape index (κ1) is 16.0. The van der Waals surface area contributed by atoms with Gasteiger partial charge in [0, 0.05) is 19.1 Å². The Hall–Kier alpha value is -1.88. The summed E-state index contributed by atoms with van der Waals surface area (Å²) in [5, 5.41) is 9.19. The van der Waals surface area contributed by atoms with E-state index in [2.05, 4.69) is 4.57 Å². The van der Waals surface area contributed by atoms with Gasteiger partial charge >= 0.3 is 5.97 Å². The SMILES string of the molecule is CCOCCn1c(C2CCCCC2)nc2cc(C(=O)O)ccc21. The summed E-state index contributed by atoms with van der Waals surface area (Å²) in [5.74, 6) is 0.669. The first-order valence-electron chi connectivity index (χ1n) is 8.52. The molecule has 2 aromatic rings. The predicted octanol–water partition coefficient (Wildman–Crippen LogP) is 3.82. The van der Waals surface area contributed by atoms with E-state index in [1.807, 2.05) is 13.0 Å². The fraction of sp³-hybridized carbons (Fsp3) is 0.556. The van der Waals surface area contributed by atoms with Gasteiger partial charge in [0.2, 0.25) is 0 Å². The molecule has 0 bridgehead atoms. The summed E-state index contributed by atoms with van der Waals surface area (Å²) in [7, 11) is 0. The van der Waals surface area contributed by atoms with Gasteiger partial charge in [-0.05, 0) is 38.0 Å². The van der Waals surface area contributed by atoms with Gasteiger partial charge in [0.15, 0.2) is 0 Å². The molecular weight excluding hydrogens is 292 g/mol. The Kier molecular flexibility index (Phi) is 4.96. The van der Waals surface area contributed by atoms with Crippen LogP contribution in [0.1, 0.15) is 61.1 Å². The number of carboxylic acid groups (broad SMARTS) is 1. The number of carbonyl (C=O) groups is 1. The molecule has 124 valence electrons. The van der Waals surface area contributed by atoms with E-state index in [1.54, 1.807) is 12.1 Å². The van der Waals surface area contributed by atoms with Gasteiger partial charge in [0.05, 0.1) is 23.2 Å². The maximum atomic E-state index is 11.2. The highest BCUT2D eigenvalue weighted by atomic mass is 16.5. The number of imidazole rings is 1. The number of rotatable bonds is 6. The Morgan fingerprint density at radius 1 is 1.35 bits per heavy atom. The molecule has 0 amide bonds. The molecule has 0 aliphatic heterocycles. The van der Waals surface area contributed by atoms with E-state index in [0.29, 0.717) is 24.7 Å². The number of hydrogen-bond acceptors (Lipinski definition) is 3. The minimum absolute atomic E-state index is 0.294. The highest BCUT2D eigenvalue weighted by Crippen LogP contribution is 2.34. The summed E-state index contributed by atoms with van der Waals surface area (Å²) in [6.07, 6.45) is 6.14. The summed E-state index contributed by atoms with van der Waals surface area (Å²) < 4.78 is 7.75. The molecule has 1 fully saturated rings. The second kappa shape index (κ2) is 7.13. The Labute approximate surface area is 136 Å². The van der Waals surface area contributed by atoms with Gasteiger partial charge in [-0.25, -0.2) is 9.78 Å². The first-order chi connectivity index (χ1) is 11.2. The van der Waals surface area contributed by atoms with Gasteiger partial charge in [-0.2, -0.15) is 0 Å². The van der Waals surface area contributed by atoms with Crippen LogP contribution in [0.4, 0.5) is 0 Å². The van der Waals surface area contributed by atoms with Crippen molar-refractivity contribution in [1.29, 1.82) is 0 Å². The Morgan fingerprint density at radius 3 is 2.83 bits per heavy atom. The maximum absolute atomic E-state index is 11.2. The van der Waals surface area contributed by atoms with Crippen LogP contribution in [0.15, 0.2) is 18.2 Å². The smallest absolute Gasteiger partial charge is 0.335 e. The Balaban J connectivity index is 2.00. The summed E-state index contributed by atoms with van der Waals surface area (Å²) in [6.45, 7) is 4.12. The van der Waals surface area contributed by atoms with Crippen LogP contribution in [0.3, 0.4) is 0 Å². The van der Waals surface area contributed by atoms with Crippen molar-refractivity contribution < 1.29 is 14.6 Å². The normalized spacial score (nSPS) is 16.0. The number of benzene rings is 1. The molecule has 1 aromatic carbocycles. The fourth-order valence-corrected chi connectivity index (χ4v) is 3.49. The molecule has 5 nitrogen and oxygen atoms in total. The number of aromatic nitrogens is 2. The van der Waals surface area contributed by atoms with Crippen molar-refractivity contribution in [2.75, 3.05) is 13.2 Å². The molecule has 1 N–H and O–H groups in total. The number of hydrogen-bond donors (Lipinski definition) is 1. The average molecular weight is 316 g/mol. The average Bonchev–Trinajstić information content (AvgIpc) is 2.94. The number of fused-ring (bicyclic) bond motifs is 1. The monoisotopic (exact) mass is 316 g/mol. The zero-order chi connectivity index (χ0) is 16.2. The summed E-state index contributed by atoms with van der Waals surface area (Å²) in [5.41, 5.74) is 2.08. The van der Waals surface area contributed by atoms with Crippen LogP contribution in [-0.4, -0.2) is 33.8 Å². The lowest BCUT2D eigenvalue weighted by atomic mass is 9.88. The summed E-state index contributed by atoms with van der Waals surface area (Å²) in [6, 6.07) is 5.22. The van der Waals surface area contributed by atoms with Crippen molar-refractivity contribution in [3.8, 4) is 0 Å². The summed E-state index contributed by atoms with van der Waals surface area (Å²) in [4.78, 5) is 16.0. The van der Waals surface area contributed by atoms with Gasteiger partial charge in [0.25, 0.3) is 0 Å². The minimum Gasteiger partial charge on any atom is -0.478 e. The molecule has 1 aliphatic carbocycles. The molecule has 0 radical (unpaired) electrons. The van der Waals surface area contributed by atoms with E-state index in [-0.39, 0.29) is 0 Å². The van der Waals surface area contributed by atoms with E-state index in [0.717, 1.165) is 23.4 Å². The van der Waals surface area contributed by atoms with Crippen LogP contribution >= 0.6 is 0 Å². The highest BCUT2D eigenvalue weighted by Gasteiger charge is 2.22. The Bertz CT molecular complexity index is 687. The zero-order valence-corrected chi connectivity index (χ0v) is 13.6. The molecule has 0 unspecified atom stereocenters. The molecule has 0 atom stereocenters. The second-order valence-corrected chi connectivity index (χ2v) is 6.16. The van der Waals surface area contributed by atoms with E-state index in [4.69, 9.17) is 9.72 Å². The molecule has 1 aliphatic rings. The van der Waals surface area contributed by atoms with E-state index in [9.17, 15) is 9.90 Å².